The van der Waals surface area contributed by atoms with Gasteiger partial charge in [-0.15, -0.1) is 0 Å². The number of allylic oxidation sites excluding steroid dienone is 1. The molecule has 0 atom stereocenters. The number of alkyl halides is 1. The van der Waals surface area contributed by atoms with Crippen molar-refractivity contribution < 1.29 is 4.74 Å². The summed E-state index contributed by atoms with van der Waals surface area (Å²) in [7, 11) is 0. The fraction of sp³-hybridized carbons (Fsp3) is 0.125. The summed E-state index contributed by atoms with van der Waals surface area (Å²) in [5.74, 6) is 1.70. The lowest BCUT2D eigenvalue weighted by Crippen LogP contribution is -2.11. The maximum absolute atomic E-state index is 6.23. The van der Waals surface area contributed by atoms with Crippen LogP contribution in [0.3, 0.4) is 0 Å². The second-order valence-electron chi connectivity index (χ2n) is 4.44. The Hall–Kier alpha value is -1.25. The first kappa shape index (κ1) is 12.8. The van der Waals surface area contributed by atoms with Gasteiger partial charge in [-0.3, -0.25) is 0 Å². The van der Waals surface area contributed by atoms with Gasteiger partial charge in [-0.25, -0.2) is 0 Å². The Morgan fingerprint density at radius 2 is 1.84 bits per heavy atom. The minimum absolute atomic E-state index is 0.666. The van der Waals surface area contributed by atoms with Crippen molar-refractivity contribution in [2.75, 3.05) is 5.33 Å². The number of para-hydroxylation sites is 1. The van der Waals surface area contributed by atoms with E-state index in [0.717, 1.165) is 34.4 Å². The largest absolute Gasteiger partial charge is 0.455 e. The van der Waals surface area contributed by atoms with Crippen molar-refractivity contribution in [3.05, 3.63) is 70.3 Å². The molecule has 0 radical (unpaired) electrons. The van der Waals surface area contributed by atoms with E-state index in [0.29, 0.717) is 5.02 Å². The van der Waals surface area contributed by atoms with Crippen LogP contribution in [0.1, 0.15) is 11.1 Å². The molecule has 0 spiro atoms. The molecule has 3 rings (SSSR count). The normalized spacial score (nSPS) is 14.0. The standard InChI is InChI=1S/C16H12BrClO/c17-10-13-9-12-7-4-8-14(18)16(12)19-15(13)11-5-2-1-3-6-11/h1-8H,9-10H2. The summed E-state index contributed by atoms with van der Waals surface area (Å²) < 4.78 is 6.07. The highest BCUT2D eigenvalue weighted by atomic mass is 79.9. The molecule has 0 unspecified atom stereocenters. The number of fused-ring (bicyclic) bond motifs is 1. The van der Waals surface area contributed by atoms with Crippen molar-refractivity contribution in [1.82, 2.24) is 0 Å². The third-order valence-corrected chi connectivity index (χ3v) is 4.15. The quantitative estimate of drug-likeness (QED) is 0.695. The van der Waals surface area contributed by atoms with Crippen molar-refractivity contribution in [3.8, 4) is 5.75 Å². The monoisotopic (exact) mass is 334 g/mol. The van der Waals surface area contributed by atoms with Gasteiger partial charge in [0.2, 0.25) is 0 Å². The topological polar surface area (TPSA) is 9.23 Å². The molecule has 96 valence electrons. The van der Waals surface area contributed by atoms with Crippen LogP contribution < -0.4 is 4.74 Å². The maximum atomic E-state index is 6.23. The van der Waals surface area contributed by atoms with E-state index >= 15 is 0 Å². The summed E-state index contributed by atoms with van der Waals surface area (Å²) in [5, 5.41) is 1.46. The first-order valence-corrected chi connectivity index (χ1v) is 7.58. The molecule has 1 heterocycles. The zero-order chi connectivity index (χ0) is 13.2. The van der Waals surface area contributed by atoms with Gasteiger partial charge in [0, 0.05) is 22.9 Å². The molecule has 1 nitrogen and oxygen atoms in total. The summed E-state index contributed by atoms with van der Waals surface area (Å²) in [4.78, 5) is 0. The van der Waals surface area contributed by atoms with E-state index in [1.165, 1.54) is 5.57 Å². The summed E-state index contributed by atoms with van der Waals surface area (Å²) >= 11 is 9.77. The lowest BCUT2D eigenvalue weighted by molar-refractivity contribution is 0.492. The molecule has 0 amide bonds. The summed E-state index contributed by atoms with van der Waals surface area (Å²) in [6.07, 6.45) is 0.866. The smallest absolute Gasteiger partial charge is 0.149 e. The Morgan fingerprint density at radius 1 is 1.05 bits per heavy atom. The molecule has 0 aromatic heterocycles. The fourth-order valence-corrected chi connectivity index (χ4v) is 2.94. The minimum Gasteiger partial charge on any atom is -0.455 e. The van der Waals surface area contributed by atoms with Gasteiger partial charge in [0.15, 0.2) is 0 Å². The molecule has 1 aliphatic rings. The Kier molecular flexibility index (Phi) is 3.63. The van der Waals surface area contributed by atoms with Crippen LogP contribution >= 0.6 is 27.5 Å². The molecule has 19 heavy (non-hydrogen) atoms. The van der Waals surface area contributed by atoms with Crippen LogP contribution in [0.15, 0.2) is 54.1 Å². The first-order valence-electron chi connectivity index (χ1n) is 6.08. The number of benzene rings is 2. The summed E-state index contributed by atoms with van der Waals surface area (Å²) in [5.41, 5.74) is 3.46. The molecule has 0 bridgehead atoms. The van der Waals surface area contributed by atoms with Crippen LogP contribution in [0.4, 0.5) is 0 Å². The maximum Gasteiger partial charge on any atom is 0.149 e. The molecule has 0 saturated carbocycles. The average Bonchev–Trinajstić information content (AvgIpc) is 2.47. The first-order chi connectivity index (χ1) is 9.29. The summed E-state index contributed by atoms with van der Waals surface area (Å²) in [6.45, 7) is 0. The number of hydrogen-bond donors (Lipinski definition) is 0. The second-order valence-corrected chi connectivity index (χ2v) is 5.41. The number of ether oxygens (including phenoxy) is 1. The highest BCUT2D eigenvalue weighted by Gasteiger charge is 2.22. The molecule has 2 aromatic carbocycles. The predicted octanol–water partition coefficient (Wildman–Crippen LogP) is 5.08. The lowest BCUT2D eigenvalue weighted by Gasteiger charge is -2.23. The minimum atomic E-state index is 0.666. The zero-order valence-electron chi connectivity index (χ0n) is 10.2. The van der Waals surface area contributed by atoms with Gasteiger partial charge >= 0.3 is 0 Å². The van der Waals surface area contributed by atoms with Gasteiger partial charge in [0.1, 0.15) is 11.5 Å². The van der Waals surface area contributed by atoms with Crippen LogP contribution in [0, 0.1) is 0 Å². The van der Waals surface area contributed by atoms with Crippen molar-refractivity contribution >= 4 is 33.3 Å². The van der Waals surface area contributed by atoms with Crippen LogP contribution in [-0.4, -0.2) is 5.33 Å². The van der Waals surface area contributed by atoms with E-state index in [4.69, 9.17) is 16.3 Å². The number of rotatable bonds is 2. The van der Waals surface area contributed by atoms with E-state index in [1.54, 1.807) is 0 Å². The third-order valence-electron chi connectivity index (χ3n) is 3.17. The fourth-order valence-electron chi connectivity index (χ4n) is 2.25. The van der Waals surface area contributed by atoms with Crippen molar-refractivity contribution in [3.63, 3.8) is 0 Å². The SMILES string of the molecule is Clc1cccc2c1OC(c1ccccc1)=C(CBr)C2. The van der Waals surface area contributed by atoms with Crippen molar-refractivity contribution in [2.45, 2.75) is 6.42 Å². The molecule has 0 N–H and O–H groups in total. The van der Waals surface area contributed by atoms with Crippen LogP contribution in [0.2, 0.25) is 5.02 Å². The molecule has 3 heteroatoms. The van der Waals surface area contributed by atoms with Crippen molar-refractivity contribution in [1.29, 1.82) is 0 Å². The number of halogens is 2. The number of hydrogen-bond acceptors (Lipinski definition) is 1. The Morgan fingerprint density at radius 3 is 2.58 bits per heavy atom. The van der Waals surface area contributed by atoms with E-state index in [9.17, 15) is 0 Å². The molecule has 2 aromatic rings. The predicted molar refractivity (Wildman–Crippen MR) is 82.9 cm³/mol. The molecule has 0 fully saturated rings. The molecule has 0 saturated heterocycles. The average molecular weight is 336 g/mol. The lowest BCUT2D eigenvalue weighted by atomic mass is 9.98. The molecule has 0 aliphatic carbocycles. The highest BCUT2D eigenvalue weighted by molar-refractivity contribution is 9.09. The highest BCUT2D eigenvalue weighted by Crippen LogP contribution is 2.39. The van der Waals surface area contributed by atoms with E-state index in [-0.39, 0.29) is 0 Å². The molecule has 1 aliphatic heterocycles. The van der Waals surface area contributed by atoms with Crippen LogP contribution in [0.25, 0.3) is 5.76 Å². The van der Waals surface area contributed by atoms with Gasteiger partial charge in [-0.2, -0.15) is 0 Å². The van der Waals surface area contributed by atoms with E-state index in [2.05, 4.69) is 34.1 Å². The van der Waals surface area contributed by atoms with Crippen molar-refractivity contribution in [2.24, 2.45) is 0 Å². The van der Waals surface area contributed by atoms with Gasteiger partial charge in [-0.1, -0.05) is 70.0 Å². The second kappa shape index (κ2) is 5.40. The Labute approximate surface area is 126 Å². The Bertz CT molecular complexity index is 634. The zero-order valence-corrected chi connectivity index (χ0v) is 12.5. The van der Waals surface area contributed by atoms with E-state index in [1.807, 2.05) is 30.3 Å². The van der Waals surface area contributed by atoms with Gasteiger partial charge in [0.05, 0.1) is 5.02 Å². The molecular formula is C16H12BrClO. The van der Waals surface area contributed by atoms with Crippen LogP contribution in [-0.2, 0) is 6.42 Å². The van der Waals surface area contributed by atoms with Gasteiger partial charge < -0.3 is 4.74 Å². The Balaban J connectivity index is 2.09. The molecular weight excluding hydrogens is 324 g/mol. The van der Waals surface area contributed by atoms with Crippen LogP contribution in [0.5, 0.6) is 5.75 Å². The summed E-state index contributed by atoms with van der Waals surface area (Å²) in [6, 6.07) is 16.0. The van der Waals surface area contributed by atoms with E-state index < -0.39 is 0 Å². The van der Waals surface area contributed by atoms with Gasteiger partial charge in [0.25, 0.3) is 0 Å². The van der Waals surface area contributed by atoms with Gasteiger partial charge in [-0.05, 0) is 11.6 Å². The third kappa shape index (κ3) is 2.43.